The fraction of sp³-hybridized carbons (Fsp3) is 0.438. The summed E-state index contributed by atoms with van der Waals surface area (Å²) in [6.07, 6.45) is 0. The van der Waals surface area contributed by atoms with Crippen LogP contribution in [0, 0.1) is 6.92 Å². The second-order valence-electron chi connectivity index (χ2n) is 5.78. The van der Waals surface area contributed by atoms with Gasteiger partial charge in [-0.2, -0.15) is 0 Å². The molecule has 27 heavy (non-hydrogen) atoms. The molecule has 0 aliphatic rings. The Labute approximate surface area is 172 Å². The van der Waals surface area contributed by atoms with Crippen molar-refractivity contribution in [3.63, 3.8) is 0 Å². The highest BCUT2D eigenvalue weighted by Crippen LogP contribution is 2.31. The van der Waals surface area contributed by atoms with Crippen LogP contribution in [0.3, 0.4) is 0 Å². The number of hydrogen-bond acceptors (Lipinski definition) is 8. The van der Waals surface area contributed by atoms with E-state index in [4.69, 9.17) is 0 Å². The molecule has 0 spiro atoms. The normalized spacial score (nSPS) is 13.0. The molecule has 0 aliphatic heterocycles. The lowest BCUT2D eigenvalue weighted by atomic mass is 10.2. The molecule has 7 nitrogen and oxygen atoms in total. The van der Waals surface area contributed by atoms with Crippen LogP contribution in [0.15, 0.2) is 31.8 Å². The van der Waals surface area contributed by atoms with Crippen molar-refractivity contribution in [2.45, 2.75) is 39.6 Å². The predicted octanol–water partition coefficient (Wildman–Crippen LogP) is 3.33. The van der Waals surface area contributed by atoms with Gasteiger partial charge >= 0.3 is 0 Å². The average molecular weight is 447 g/mol. The number of carbonyl (C=O) groups is 1. The molecule has 1 aromatic heterocycles. The van der Waals surface area contributed by atoms with Gasteiger partial charge in [0.15, 0.2) is 8.68 Å². The Balaban J connectivity index is 2.12. The Morgan fingerprint density at radius 2 is 1.96 bits per heavy atom. The zero-order chi connectivity index (χ0) is 20.2. The maximum atomic E-state index is 12.6. The number of carbonyl (C=O) groups excluding carboxylic acids is 1. The number of aromatic nitrogens is 2. The largest absolute Gasteiger partial charge is 0.325 e. The summed E-state index contributed by atoms with van der Waals surface area (Å²) in [7, 11) is -0.623. The molecule has 1 unspecified atom stereocenters. The van der Waals surface area contributed by atoms with Gasteiger partial charge in [0.05, 0.1) is 10.1 Å². The monoisotopic (exact) mass is 446 g/mol. The summed E-state index contributed by atoms with van der Waals surface area (Å²) >= 11 is 4.40. The summed E-state index contributed by atoms with van der Waals surface area (Å²) in [4.78, 5) is 12.7. The molecule has 0 bridgehead atoms. The summed E-state index contributed by atoms with van der Waals surface area (Å²) in [6.45, 7) is 5.64. The first-order valence-electron chi connectivity index (χ1n) is 8.12. The number of hydrogen-bond donors (Lipinski definition) is 1. The van der Waals surface area contributed by atoms with Gasteiger partial charge in [-0.05, 0) is 37.3 Å². The van der Waals surface area contributed by atoms with Crippen LogP contribution in [0.4, 0.5) is 5.69 Å². The van der Waals surface area contributed by atoms with Gasteiger partial charge in [0.2, 0.25) is 15.9 Å². The van der Waals surface area contributed by atoms with Crippen molar-refractivity contribution in [3.8, 4) is 0 Å². The second kappa shape index (κ2) is 9.37. The van der Waals surface area contributed by atoms with E-state index in [1.807, 2.05) is 13.8 Å². The molecule has 1 atom stereocenters. The van der Waals surface area contributed by atoms with E-state index in [1.165, 1.54) is 49.3 Å². The van der Waals surface area contributed by atoms with Gasteiger partial charge in [-0.15, -0.1) is 10.2 Å². The minimum Gasteiger partial charge on any atom is -0.325 e. The minimum atomic E-state index is -3.57. The molecule has 1 N–H and O–H groups in total. The molecule has 0 radical (unpaired) electrons. The first-order valence-corrected chi connectivity index (χ1v) is 12.2. The second-order valence-corrected chi connectivity index (χ2v) is 12.0. The Morgan fingerprint density at radius 3 is 2.59 bits per heavy atom. The van der Waals surface area contributed by atoms with Crippen LogP contribution < -0.4 is 5.32 Å². The van der Waals surface area contributed by atoms with Crippen molar-refractivity contribution >= 4 is 56.5 Å². The highest BCUT2D eigenvalue weighted by Gasteiger charge is 2.21. The van der Waals surface area contributed by atoms with Crippen LogP contribution in [0.5, 0.6) is 0 Å². The molecule has 2 rings (SSSR count). The fourth-order valence-corrected chi connectivity index (χ4v) is 5.96. The number of aryl methyl sites for hydroxylation is 1. The van der Waals surface area contributed by atoms with Gasteiger partial charge in [0, 0.05) is 19.8 Å². The van der Waals surface area contributed by atoms with E-state index < -0.39 is 15.3 Å². The number of thioether (sulfide) groups is 2. The number of nitrogens with one attached hydrogen (secondary N) is 1. The zero-order valence-corrected chi connectivity index (χ0v) is 19.0. The molecule has 11 heteroatoms. The highest BCUT2D eigenvalue weighted by atomic mass is 32.2. The van der Waals surface area contributed by atoms with Gasteiger partial charge < -0.3 is 5.32 Å². The van der Waals surface area contributed by atoms with Crippen LogP contribution >= 0.6 is 34.9 Å². The lowest BCUT2D eigenvalue weighted by Crippen LogP contribution is -2.24. The number of rotatable bonds is 8. The number of sulfonamides is 1. The summed E-state index contributed by atoms with van der Waals surface area (Å²) < 4.78 is 27.4. The topological polar surface area (TPSA) is 92.3 Å². The van der Waals surface area contributed by atoms with E-state index >= 15 is 0 Å². The molecule has 0 saturated heterocycles. The smallest absolute Gasteiger partial charge is 0.242 e. The van der Waals surface area contributed by atoms with Gasteiger partial charge in [0.25, 0.3) is 0 Å². The van der Waals surface area contributed by atoms with Gasteiger partial charge in [-0.25, -0.2) is 12.7 Å². The van der Waals surface area contributed by atoms with Crippen molar-refractivity contribution in [2.24, 2.45) is 0 Å². The predicted molar refractivity (Wildman–Crippen MR) is 112 cm³/mol. The summed E-state index contributed by atoms with van der Waals surface area (Å²) in [6, 6.07) is 4.70. The van der Waals surface area contributed by atoms with Crippen molar-refractivity contribution in [1.82, 2.24) is 14.5 Å². The molecular weight excluding hydrogens is 424 g/mol. The SMILES string of the molecule is CCSc1nnc(SC(C)C(=O)Nc2cc(S(=O)(=O)N(C)C)ccc2C)s1. The molecule has 1 amide bonds. The summed E-state index contributed by atoms with van der Waals surface area (Å²) in [5.41, 5.74) is 1.27. The lowest BCUT2D eigenvalue weighted by molar-refractivity contribution is -0.115. The maximum absolute atomic E-state index is 12.6. The molecular formula is C16H22N4O3S4. The number of anilines is 1. The highest BCUT2D eigenvalue weighted by molar-refractivity contribution is 8.03. The Morgan fingerprint density at radius 1 is 1.30 bits per heavy atom. The zero-order valence-electron chi connectivity index (χ0n) is 15.7. The fourth-order valence-electron chi connectivity index (χ4n) is 1.97. The number of amides is 1. The van der Waals surface area contributed by atoms with Gasteiger partial charge in [-0.1, -0.05) is 47.9 Å². The van der Waals surface area contributed by atoms with Crippen LogP contribution in [-0.4, -0.2) is 53.9 Å². The third-order valence-corrected chi connectivity index (χ3v) is 8.48. The molecule has 148 valence electrons. The van der Waals surface area contributed by atoms with E-state index in [9.17, 15) is 13.2 Å². The van der Waals surface area contributed by atoms with E-state index in [2.05, 4.69) is 15.5 Å². The van der Waals surface area contributed by atoms with Crippen molar-refractivity contribution in [2.75, 3.05) is 25.2 Å². The van der Waals surface area contributed by atoms with E-state index in [0.29, 0.717) is 5.69 Å². The standard InChI is InChI=1S/C16H22N4O3S4/c1-6-24-15-18-19-16(26-15)25-11(3)14(21)17-13-9-12(8-7-10(13)2)27(22,23)20(4)5/h7-9,11H,6H2,1-5H3,(H,17,21). The summed E-state index contributed by atoms with van der Waals surface area (Å²) in [5, 5.41) is 10.6. The Bertz CT molecular complexity index is 912. The van der Waals surface area contributed by atoms with Crippen molar-refractivity contribution < 1.29 is 13.2 Å². The van der Waals surface area contributed by atoms with Gasteiger partial charge in [-0.3, -0.25) is 4.79 Å². The minimum absolute atomic E-state index is 0.138. The molecule has 2 aromatic rings. The quantitative estimate of drug-likeness (QED) is 0.622. The summed E-state index contributed by atoms with van der Waals surface area (Å²) in [5.74, 6) is 0.697. The first-order chi connectivity index (χ1) is 12.6. The van der Waals surface area contributed by atoms with Crippen molar-refractivity contribution in [1.29, 1.82) is 0 Å². The molecule has 1 aromatic carbocycles. The lowest BCUT2D eigenvalue weighted by Gasteiger charge is -2.15. The first kappa shape index (κ1) is 22.2. The average Bonchev–Trinajstić information content (AvgIpc) is 3.03. The number of nitrogens with zero attached hydrogens (tertiary/aromatic N) is 3. The molecule has 0 aliphatic carbocycles. The third kappa shape index (κ3) is 5.67. The Kier molecular flexibility index (Phi) is 7.69. The third-order valence-electron chi connectivity index (χ3n) is 3.55. The van der Waals surface area contributed by atoms with Crippen LogP contribution in [0.2, 0.25) is 0 Å². The van der Waals surface area contributed by atoms with E-state index in [-0.39, 0.29) is 10.8 Å². The Hall–Kier alpha value is -1.14. The maximum Gasteiger partial charge on any atom is 0.242 e. The van der Waals surface area contributed by atoms with E-state index in [0.717, 1.165) is 24.3 Å². The van der Waals surface area contributed by atoms with Gasteiger partial charge in [0.1, 0.15) is 0 Å². The number of benzene rings is 1. The van der Waals surface area contributed by atoms with Crippen LogP contribution in [0.1, 0.15) is 19.4 Å². The van der Waals surface area contributed by atoms with Crippen molar-refractivity contribution in [3.05, 3.63) is 23.8 Å². The molecule has 0 saturated carbocycles. The van der Waals surface area contributed by atoms with E-state index in [1.54, 1.807) is 24.8 Å². The van der Waals surface area contributed by atoms with Crippen LogP contribution in [-0.2, 0) is 14.8 Å². The molecule has 0 fully saturated rings. The van der Waals surface area contributed by atoms with Crippen LogP contribution in [0.25, 0.3) is 0 Å². The molecule has 1 heterocycles.